The third-order valence-electron chi connectivity index (χ3n) is 6.90. The lowest BCUT2D eigenvalue weighted by Gasteiger charge is -2.62. The molecular formula is C22H21F2N3. The van der Waals surface area contributed by atoms with Crippen molar-refractivity contribution in [1.82, 2.24) is 14.8 Å². The molecule has 5 heterocycles. The van der Waals surface area contributed by atoms with Crippen molar-refractivity contribution in [3.05, 3.63) is 70.9 Å². The molecule has 0 aliphatic carbocycles. The number of piperidine rings is 1. The van der Waals surface area contributed by atoms with Gasteiger partial charge in [-0.2, -0.15) is 0 Å². The summed E-state index contributed by atoms with van der Waals surface area (Å²) in [5, 5.41) is 1.02. The van der Waals surface area contributed by atoms with Gasteiger partial charge in [-0.15, -0.1) is 0 Å². The maximum Gasteiger partial charge on any atom is 0.123 e. The smallest absolute Gasteiger partial charge is 0.123 e. The van der Waals surface area contributed by atoms with Gasteiger partial charge in [0, 0.05) is 36.2 Å². The molecule has 1 N–H and O–H groups in total. The van der Waals surface area contributed by atoms with Crippen LogP contribution in [0.15, 0.2) is 42.5 Å². The van der Waals surface area contributed by atoms with E-state index in [-0.39, 0.29) is 23.3 Å². The first-order valence-corrected chi connectivity index (χ1v) is 9.73. The van der Waals surface area contributed by atoms with E-state index in [2.05, 4.69) is 14.8 Å². The van der Waals surface area contributed by atoms with Crippen LogP contribution in [0, 0.1) is 11.6 Å². The second kappa shape index (κ2) is 5.40. The van der Waals surface area contributed by atoms with Crippen molar-refractivity contribution >= 4 is 10.9 Å². The number of nitrogens with one attached hydrogen (secondary N) is 1. The molecule has 3 fully saturated rings. The Morgan fingerprint density at radius 3 is 2.59 bits per heavy atom. The zero-order valence-electron chi connectivity index (χ0n) is 15.0. The Labute approximate surface area is 156 Å². The minimum atomic E-state index is -0.180. The normalized spacial score (nSPS) is 29.7. The Morgan fingerprint density at radius 2 is 1.78 bits per heavy atom. The predicted octanol–water partition coefficient (Wildman–Crippen LogP) is 4.31. The lowest BCUT2D eigenvalue weighted by Crippen LogP contribution is -2.66. The standard InChI is InChI=1S/C22H21F2N3/c23-15-3-1-2-14(12-15)21-26-10-7-22(8-11-26)20-17(6-9-27(21)22)18-13-16(24)4-5-19(18)25-20/h1-5,12-13,21,25H,6-11H2. The number of hydrogen-bond donors (Lipinski definition) is 1. The van der Waals surface area contributed by atoms with Crippen LogP contribution in [-0.2, 0) is 12.0 Å². The lowest BCUT2D eigenvalue weighted by molar-refractivity contribution is -0.149. The molecule has 7 rings (SSSR count). The van der Waals surface area contributed by atoms with Crippen LogP contribution in [0.2, 0.25) is 0 Å². The van der Waals surface area contributed by atoms with Crippen LogP contribution in [-0.4, -0.2) is 34.4 Å². The number of H-pyrrole nitrogens is 1. The highest BCUT2D eigenvalue weighted by Crippen LogP contribution is 2.53. The van der Waals surface area contributed by atoms with Gasteiger partial charge < -0.3 is 4.98 Å². The van der Waals surface area contributed by atoms with Gasteiger partial charge in [-0.25, -0.2) is 8.78 Å². The van der Waals surface area contributed by atoms with E-state index in [0.717, 1.165) is 55.4 Å². The third kappa shape index (κ3) is 2.07. The van der Waals surface area contributed by atoms with Crippen LogP contribution < -0.4 is 0 Å². The van der Waals surface area contributed by atoms with Crippen LogP contribution in [0.3, 0.4) is 0 Å². The van der Waals surface area contributed by atoms with Crippen LogP contribution in [0.25, 0.3) is 10.9 Å². The monoisotopic (exact) mass is 365 g/mol. The summed E-state index contributed by atoms with van der Waals surface area (Å²) in [6.45, 7) is 2.91. The van der Waals surface area contributed by atoms with Crippen molar-refractivity contribution in [2.75, 3.05) is 19.6 Å². The predicted molar refractivity (Wildman–Crippen MR) is 100 cm³/mol. The number of halogens is 2. The molecule has 3 nitrogen and oxygen atoms in total. The number of nitrogens with zero attached hydrogens (tertiary/aromatic N) is 2. The summed E-state index contributed by atoms with van der Waals surface area (Å²) in [6, 6.07) is 12.1. The first-order chi connectivity index (χ1) is 13.2. The summed E-state index contributed by atoms with van der Waals surface area (Å²) in [6.07, 6.45) is 3.11. The number of hydrogen-bond acceptors (Lipinski definition) is 2. The molecule has 0 saturated carbocycles. The summed E-state index contributed by atoms with van der Waals surface area (Å²) in [7, 11) is 0. The molecule has 1 atom stereocenters. The van der Waals surface area contributed by atoms with Crippen molar-refractivity contribution in [3.8, 4) is 0 Å². The summed E-state index contributed by atoms with van der Waals surface area (Å²) in [4.78, 5) is 8.68. The van der Waals surface area contributed by atoms with Gasteiger partial charge in [0.05, 0.1) is 11.7 Å². The van der Waals surface area contributed by atoms with Crippen molar-refractivity contribution in [1.29, 1.82) is 0 Å². The molecule has 0 amide bonds. The van der Waals surface area contributed by atoms with Crippen LogP contribution in [0.4, 0.5) is 8.78 Å². The van der Waals surface area contributed by atoms with Crippen LogP contribution in [0.1, 0.15) is 35.8 Å². The van der Waals surface area contributed by atoms with Gasteiger partial charge in [0.1, 0.15) is 11.6 Å². The fraction of sp³-hybridized carbons (Fsp3) is 0.364. The van der Waals surface area contributed by atoms with Gasteiger partial charge in [-0.1, -0.05) is 12.1 Å². The quantitative estimate of drug-likeness (QED) is 0.694. The number of aromatic nitrogens is 1. The highest BCUT2D eigenvalue weighted by Gasteiger charge is 2.55. The van der Waals surface area contributed by atoms with Gasteiger partial charge in [-0.3, -0.25) is 9.80 Å². The van der Waals surface area contributed by atoms with Crippen molar-refractivity contribution in [3.63, 3.8) is 0 Å². The van der Waals surface area contributed by atoms with E-state index in [0.29, 0.717) is 0 Å². The molecule has 4 aliphatic heterocycles. The van der Waals surface area contributed by atoms with E-state index >= 15 is 0 Å². The lowest BCUT2D eigenvalue weighted by atomic mass is 9.73. The molecule has 2 bridgehead atoms. The van der Waals surface area contributed by atoms with E-state index in [4.69, 9.17) is 0 Å². The zero-order chi connectivity index (χ0) is 18.2. The minimum Gasteiger partial charge on any atom is -0.357 e. The number of benzene rings is 2. The van der Waals surface area contributed by atoms with Gasteiger partial charge in [-0.05, 0) is 60.7 Å². The molecule has 1 aromatic heterocycles. The largest absolute Gasteiger partial charge is 0.357 e. The maximum absolute atomic E-state index is 13.9. The van der Waals surface area contributed by atoms with E-state index in [1.54, 1.807) is 12.1 Å². The number of aromatic amines is 1. The second-order valence-electron chi connectivity index (χ2n) is 8.11. The summed E-state index contributed by atoms with van der Waals surface area (Å²) in [5.41, 5.74) is 4.52. The molecule has 5 heteroatoms. The summed E-state index contributed by atoms with van der Waals surface area (Å²) >= 11 is 0. The minimum absolute atomic E-state index is 0.0607. The summed E-state index contributed by atoms with van der Waals surface area (Å²) < 4.78 is 27.8. The van der Waals surface area contributed by atoms with Gasteiger partial charge in [0.15, 0.2) is 0 Å². The Hall–Kier alpha value is -2.24. The molecule has 3 aromatic rings. The molecular weight excluding hydrogens is 344 g/mol. The molecule has 0 radical (unpaired) electrons. The van der Waals surface area contributed by atoms with E-state index in [1.807, 2.05) is 18.2 Å². The number of rotatable bonds is 1. The first kappa shape index (κ1) is 15.8. The molecule has 2 aromatic carbocycles. The Bertz CT molecular complexity index is 1050. The fourth-order valence-electron chi connectivity index (χ4n) is 5.75. The Balaban J connectivity index is 1.53. The topological polar surface area (TPSA) is 22.3 Å². The van der Waals surface area contributed by atoms with Gasteiger partial charge in [0.2, 0.25) is 0 Å². The highest BCUT2D eigenvalue weighted by molar-refractivity contribution is 5.85. The number of fused-ring (bicyclic) bond motifs is 5. The highest BCUT2D eigenvalue weighted by atomic mass is 19.1. The molecule has 3 saturated heterocycles. The molecule has 27 heavy (non-hydrogen) atoms. The van der Waals surface area contributed by atoms with Gasteiger partial charge in [0.25, 0.3) is 0 Å². The SMILES string of the molecule is Fc1cccc(C2N3CCC4(CC3)c3[nH]c5ccc(F)cc5c3CCN24)c1. The van der Waals surface area contributed by atoms with E-state index < -0.39 is 0 Å². The van der Waals surface area contributed by atoms with E-state index in [1.165, 1.54) is 23.4 Å². The Kier molecular flexibility index (Phi) is 3.15. The van der Waals surface area contributed by atoms with Crippen molar-refractivity contribution in [2.45, 2.75) is 31.0 Å². The molecule has 138 valence electrons. The third-order valence-corrected chi connectivity index (χ3v) is 6.90. The molecule has 4 aliphatic rings. The average molecular weight is 365 g/mol. The van der Waals surface area contributed by atoms with Gasteiger partial charge >= 0.3 is 0 Å². The first-order valence-electron chi connectivity index (χ1n) is 9.73. The fourth-order valence-corrected chi connectivity index (χ4v) is 5.75. The molecule has 1 unspecified atom stereocenters. The Morgan fingerprint density at radius 1 is 0.963 bits per heavy atom. The summed E-state index contributed by atoms with van der Waals surface area (Å²) in [5.74, 6) is -0.358. The maximum atomic E-state index is 13.9. The van der Waals surface area contributed by atoms with Crippen molar-refractivity contribution < 1.29 is 8.78 Å². The van der Waals surface area contributed by atoms with E-state index in [9.17, 15) is 8.78 Å². The van der Waals surface area contributed by atoms with Crippen LogP contribution in [0.5, 0.6) is 0 Å². The molecule has 1 spiro atoms. The average Bonchev–Trinajstić information content (AvgIpc) is 3.06. The zero-order valence-corrected chi connectivity index (χ0v) is 15.0. The second-order valence-corrected chi connectivity index (χ2v) is 8.11. The van der Waals surface area contributed by atoms with Crippen LogP contribution >= 0.6 is 0 Å². The van der Waals surface area contributed by atoms with Crippen molar-refractivity contribution in [2.24, 2.45) is 0 Å².